The van der Waals surface area contributed by atoms with Crippen LogP contribution in [0.2, 0.25) is 0 Å². The number of rotatable bonds is 0. The molecule has 0 N–H and O–H groups in total. The molecule has 3 unspecified atom stereocenters. The minimum atomic E-state index is 0.516. The molecular weight excluding hydrogens is 196 g/mol. The highest BCUT2D eigenvalue weighted by molar-refractivity contribution is 5.22. The number of allylic oxidation sites excluding steroid dienone is 1. The minimum absolute atomic E-state index is 0.516. The highest BCUT2D eigenvalue weighted by Crippen LogP contribution is 2.60. The van der Waals surface area contributed by atoms with E-state index in [9.17, 15) is 0 Å². The van der Waals surface area contributed by atoms with Gasteiger partial charge in [0.25, 0.3) is 0 Å². The van der Waals surface area contributed by atoms with Crippen LogP contribution in [-0.2, 0) is 4.74 Å². The molecule has 0 radical (unpaired) electrons. The van der Waals surface area contributed by atoms with Gasteiger partial charge in [0.15, 0.2) is 0 Å². The summed E-state index contributed by atoms with van der Waals surface area (Å²) in [6.45, 7) is 9.38. The topological polar surface area (TPSA) is 9.23 Å². The van der Waals surface area contributed by atoms with E-state index in [1.54, 1.807) is 5.57 Å². The Hall–Kier alpha value is -0.300. The van der Waals surface area contributed by atoms with E-state index in [4.69, 9.17) is 4.74 Å². The maximum absolute atomic E-state index is 5.71. The number of hydrogen-bond acceptors (Lipinski definition) is 1. The number of fused-ring (bicyclic) bond motifs is 3. The van der Waals surface area contributed by atoms with Gasteiger partial charge in [0, 0.05) is 5.92 Å². The lowest BCUT2D eigenvalue weighted by atomic mass is 9.49. The fourth-order valence-electron chi connectivity index (χ4n) is 4.76. The van der Waals surface area contributed by atoms with Gasteiger partial charge in [-0.25, -0.2) is 0 Å². The van der Waals surface area contributed by atoms with E-state index in [1.165, 1.54) is 25.7 Å². The molecule has 3 rings (SSSR count). The first-order chi connectivity index (χ1) is 7.54. The van der Waals surface area contributed by atoms with Crippen LogP contribution in [0.4, 0.5) is 0 Å². The first kappa shape index (κ1) is 10.8. The van der Waals surface area contributed by atoms with Gasteiger partial charge >= 0.3 is 0 Å². The highest BCUT2D eigenvalue weighted by atomic mass is 16.5. The lowest BCUT2D eigenvalue weighted by molar-refractivity contribution is -0.0401. The largest absolute Gasteiger partial charge is 0.376 e. The second-order valence-corrected chi connectivity index (χ2v) is 6.98. The zero-order chi connectivity index (χ0) is 11.4. The molecule has 0 amide bonds. The molecule has 2 fully saturated rings. The van der Waals surface area contributed by atoms with Gasteiger partial charge in [-0.3, -0.25) is 0 Å². The van der Waals surface area contributed by atoms with E-state index in [2.05, 4.69) is 26.8 Å². The lowest BCUT2D eigenvalue weighted by Crippen LogP contribution is -2.48. The minimum Gasteiger partial charge on any atom is -0.376 e. The standard InChI is InChI=1S/C15H24O/c1-14(2)7-4-8-15(3)12-10-16-9-11(12)5-6-13(14)15/h5,12-13H,4,6-10H2,1-3H3. The summed E-state index contributed by atoms with van der Waals surface area (Å²) in [5.74, 6) is 1.59. The van der Waals surface area contributed by atoms with Crippen molar-refractivity contribution in [1.82, 2.24) is 0 Å². The van der Waals surface area contributed by atoms with Gasteiger partial charge in [-0.1, -0.05) is 33.3 Å². The molecule has 0 bridgehead atoms. The van der Waals surface area contributed by atoms with Crippen LogP contribution < -0.4 is 0 Å². The molecule has 0 aromatic rings. The van der Waals surface area contributed by atoms with Crippen molar-refractivity contribution >= 4 is 0 Å². The Bertz CT molecular complexity index is 328. The third kappa shape index (κ3) is 1.33. The second kappa shape index (κ2) is 3.35. The first-order valence-electron chi connectivity index (χ1n) is 6.81. The van der Waals surface area contributed by atoms with Gasteiger partial charge in [0.1, 0.15) is 0 Å². The van der Waals surface area contributed by atoms with Crippen LogP contribution in [0.5, 0.6) is 0 Å². The van der Waals surface area contributed by atoms with Crippen molar-refractivity contribution in [1.29, 1.82) is 0 Å². The summed E-state index contributed by atoms with van der Waals surface area (Å²) in [5, 5.41) is 0. The summed E-state index contributed by atoms with van der Waals surface area (Å²) < 4.78 is 5.71. The van der Waals surface area contributed by atoms with Gasteiger partial charge in [-0.2, -0.15) is 0 Å². The lowest BCUT2D eigenvalue weighted by Gasteiger charge is -2.55. The normalized spacial score (nSPS) is 45.8. The smallest absolute Gasteiger partial charge is 0.0680 e. The molecule has 3 aliphatic rings. The fraction of sp³-hybridized carbons (Fsp3) is 0.867. The molecular formula is C15H24O. The van der Waals surface area contributed by atoms with Crippen molar-refractivity contribution in [2.75, 3.05) is 13.2 Å². The van der Waals surface area contributed by atoms with E-state index >= 15 is 0 Å². The average molecular weight is 220 g/mol. The SMILES string of the molecule is CC1(C)CCCC2(C)C3COCC3=CCC12. The molecule has 1 heterocycles. The third-order valence-electron chi connectivity index (χ3n) is 5.69. The average Bonchev–Trinajstić information content (AvgIpc) is 2.65. The van der Waals surface area contributed by atoms with Crippen LogP contribution in [0.25, 0.3) is 0 Å². The predicted octanol–water partition coefficient (Wildman–Crippen LogP) is 3.80. The Morgan fingerprint density at radius 3 is 2.88 bits per heavy atom. The number of hydrogen-bond donors (Lipinski definition) is 0. The monoisotopic (exact) mass is 220 g/mol. The van der Waals surface area contributed by atoms with Gasteiger partial charge in [0.05, 0.1) is 13.2 Å². The summed E-state index contributed by atoms with van der Waals surface area (Å²) in [5.41, 5.74) is 2.65. The highest BCUT2D eigenvalue weighted by Gasteiger charge is 2.53. The van der Waals surface area contributed by atoms with Crippen molar-refractivity contribution in [3.8, 4) is 0 Å². The van der Waals surface area contributed by atoms with E-state index in [1.807, 2.05) is 0 Å². The Kier molecular flexibility index (Phi) is 2.27. The summed E-state index contributed by atoms with van der Waals surface area (Å²) in [4.78, 5) is 0. The molecule has 2 aliphatic carbocycles. The van der Waals surface area contributed by atoms with Gasteiger partial charge in [-0.05, 0) is 41.6 Å². The molecule has 0 spiro atoms. The molecule has 16 heavy (non-hydrogen) atoms. The molecule has 90 valence electrons. The maximum Gasteiger partial charge on any atom is 0.0680 e. The molecule has 0 aromatic heterocycles. The summed E-state index contributed by atoms with van der Waals surface area (Å²) in [6, 6.07) is 0. The Labute approximate surface area is 99.3 Å². The van der Waals surface area contributed by atoms with Crippen LogP contribution in [0, 0.1) is 22.7 Å². The second-order valence-electron chi connectivity index (χ2n) is 6.98. The summed E-state index contributed by atoms with van der Waals surface area (Å²) >= 11 is 0. The Morgan fingerprint density at radius 1 is 1.25 bits per heavy atom. The van der Waals surface area contributed by atoms with Crippen molar-refractivity contribution in [2.24, 2.45) is 22.7 Å². The van der Waals surface area contributed by atoms with Crippen molar-refractivity contribution < 1.29 is 4.74 Å². The third-order valence-corrected chi connectivity index (χ3v) is 5.69. The molecule has 3 atom stereocenters. The van der Waals surface area contributed by atoms with Crippen LogP contribution >= 0.6 is 0 Å². The molecule has 1 saturated heterocycles. The van der Waals surface area contributed by atoms with Gasteiger partial charge in [-0.15, -0.1) is 0 Å². The van der Waals surface area contributed by atoms with Crippen LogP contribution in [0.15, 0.2) is 11.6 Å². The summed E-state index contributed by atoms with van der Waals surface area (Å²) in [7, 11) is 0. The maximum atomic E-state index is 5.71. The van der Waals surface area contributed by atoms with E-state index in [0.29, 0.717) is 10.8 Å². The summed E-state index contributed by atoms with van der Waals surface area (Å²) in [6.07, 6.45) is 8.01. The quantitative estimate of drug-likeness (QED) is 0.564. The Balaban J connectivity index is 2.00. The van der Waals surface area contributed by atoms with Crippen molar-refractivity contribution in [2.45, 2.75) is 46.5 Å². The Morgan fingerprint density at radius 2 is 2.06 bits per heavy atom. The van der Waals surface area contributed by atoms with E-state index < -0.39 is 0 Å². The zero-order valence-electron chi connectivity index (χ0n) is 10.9. The first-order valence-corrected chi connectivity index (χ1v) is 6.81. The molecule has 1 saturated carbocycles. The molecule has 0 aromatic carbocycles. The van der Waals surface area contributed by atoms with Crippen molar-refractivity contribution in [3.63, 3.8) is 0 Å². The molecule has 1 heteroatoms. The van der Waals surface area contributed by atoms with Crippen LogP contribution in [0.3, 0.4) is 0 Å². The number of ether oxygens (including phenoxy) is 1. The van der Waals surface area contributed by atoms with E-state index in [-0.39, 0.29) is 0 Å². The zero-order valence-corrected chi connectivity index (χ0v) is 10.9. The molecule has 1 aliphatic heterocycles. The fourth-order valence-corrected chi connectivity index (χ4v) is 4.76. The van der Waals surface area contributed by atoms with Crippen molar-refractivity contribution in [3.05, 3.63) is 11.6 Å². The predicted molar refractivity (Wildman–Crippen MR) is 66.2 cm³/mol. The van der Waals surface area contributed by atoms with Crippen LogP contribution in [-0.4, -0.2) is 13.2 Å². The molecule has 1 nitrogen and oxygen atoms in total. The van der Waals surface area contributed by atoms with Gasteiger partial charge < -0.3 is 4.74 Å². The van der Waals surface area contributed by atoms with E-state index in [0.717, 1.165) is 25.0 Å². The van der Waals surface area contributed by atoms with Crippen LogP contribution in [0.1, 0.15) is 46.5 Å². The van der Waals surface area contributed by atoms with Gasteiger partial charge in [0.2, 0.25) is 0 Å².